The molecule has 1 amide bonds. The molecule has 0 bridgehead atoms. The Balaban J connectivity index is 2.40. The number of nitrogens with zero attached hydrogens (tertiary/aromatic N) is 2. The summed E-state index contributed by atoms with van der Waals surface area (Å²) in [4.78, 5) is 29.4. The molecule has 0 saturated carbocycles. The van der Waals surface area contributed by atoms with E-state index in [0.29, 0.717) is 5.52 Å². The number of hydroxylamine groups is 2. The predicted octanol–water partition coefficient (Wildman–Crippen LogP) is 2.99. The number of fused-ring (bicyclic) bond motifs is 1. The number of hydrogen-bond acceptors (Lipinski definition) is 4. The average molecular weight is 318 g/mol. The van der Waals surface area contributed by atoms with Gasteiger partial charge in [0.05, 0.1) is 19.0 Å². The van der Waals surface area contributed by atoms with Crippen LogP contribution in [0.3, 0.4) is 0 Å². The zero-order valence-corrected chi connectivity index (χ0v) is 14.1. The molecular weight excluding hydrogens is 296 g/mol. The maximum absolute atomic E-state index is 12.4. The predicted molar refractivity (Wildman–Crippen MR) is 87.1 cm³/mol. The van der Waals surface area contributed by atoms with Gasteiger partial charge in [0.25, 0.3) is 0 Å². The molecule has 1 heterocycles. The summed E-state index contributed by atoms with van der Waals surface area (Å²) in [7, 11) is 2.98. The van der Waals surface area contributed by atoms with Crippen molar-refractivity contribution < 1.29 is 19.2 Å². The zero-order valence-electron chi connectivity index (χ0n) is 14.1. The second-order valence-electron chi connectivity index (χ2n) is 6.27. The van der Waals surface area contributed by atoms with Gasteiger partial charge in [0, 0.05) is 18.6 Å². The minimum Gasteiger partial charge on any atom is -0.443 e. The number of carbonyl (C=O) groups is 2. The normalized spacial score (nSPS) is 11.5. The van der Waals surface area contributed by atoms with Gasteiger partial charge in [-0.1, -0.05) is 18.2 Å². The third-order valence-electron chi connectivity index (χ3n) is 3.35. The Kier molecular flexibility index (Phi) is 4.75. The van der Waals surface area contributed by atoms with E-state index in [1.165, 1.54) is 16.7 Å². The fraction of sp³-hybridized carbons (Fsp3) is 0.412. The van der Waals surface area contributed by atoms with Crippen molar-refractivity contribution in [1.82, 2.24) is 9.63 Å². The molecule has 0 N–H and O–H groups in total. The van der Waals surface area contributed by atoms with Crippen LogP contribution in [0.1, 0.15) is 26.3 Å². The van der Waals surface area contributed by atoms with Gasteiger partial charge in [0.1, 0.15) is 5.60 Å². The lowest BCUT2D eigenvalue weighted by Gasteiger charge is -2.19. The van der Waals surface area contributed by atoms with E-state index in [9.17, 15) is 9.59 Å². The SMILES string of the molecule is CON(C)C(=O)Cc1cn(C(=O)OC(C)(C)C)c2ccccc12. The second-order valence-corrected chi connectivity index (χ2v) is 6.27. The lowest BCUT2D eigenvalue weighted by atomic mass is 10.1. The number of benzene rings is 1. The van der Waals surface area contributed by atoms with Crippen LogP contribution in [-0.4, -0.2) is 41.4 Å². The van der Waals surface area contributed by atoms with E-state index >= 15 is 0 Å². The van der Waals surface area contributed by atoms with Crippen LogP contribution in [0.25, 0.3) is 10.9 Å². The molecule has 2 aromatic rings. The van der Waals surface area contributed by atoms with Gasteiger partial charge in [-0.15, -0.1) is 0 Å². The molecule has 0 fully saturated rings. The summed E-state index contributed by atoms with van der Waals surface area (Å²) in [6.07, 6.45) is 1.33. The number of hydrogen-bond donors (Lipinski definition) is 0. The third-order valence-corrected chi connectivity index (χ3v) is 3.35. The van der Waals surface area contributed by atoms with Crippen LogP contribution >= 0.6 is 0 Å². The number of aromatic nitrogens is 1. The van der Waals surface area contributed by atoms with E-state index in [4.69, 9.17) is 9.57 Å². The van der Waals surface area contributed by atoms with Gasteiger partial charge in [-0.3, -0.25) is 14.2 Å². The summed E-state index contributed by atoms with van der Waals surface area (Å²) in [5.74, 6) is -0.195. The van der Waals surface area contributed by atoms with E-state index in [1.54, 1.807) is 13.2 Å². The maximum atomic E-state index is 12.4. The Morgan fingerprint density at radius 3 is 2.48 bits per heavy atom. The number of likely N-dealkylation sites (N-methyl/N-ethyl adjacent to an activating group) is 1. The molecule has 0 aliphatic carbocycles. The molecule has 1 aromatic carbocycles. The summed E-state index contributed by atoms with van der Waals surface area (Å²) in [6.45, 7) is 5.44. The number of carbonyl (C=O) groups excluding carboxylic acids is 2. The van der Waals surface area contributed by atoms with E-state index in [-0.39, 0.29) is 12.3 Å². The van der Waals surface area contributed by atoms with E-state index in [1.807, 2.05) is 45.0 Å². The van der Waals surface area contributed by atoms with Crippen molar-refractivity contribution in [3.63, 3.8) is 0 Å². The second kappa shape index (κ2) is 6.42. The highest BCUT2D eigenvalue weighted by molar-refractivity contribution is 5.94. The van der Waals surface area contributed by atoms with Gasteiger partial charge < -0.3 is 4.74 Å². The Morgan fingerprint density at radius 1 is 1.22 bits per heavy atom. The summed E-state index contributed by atoms with van der Waals surface area (Å²) in [5, 5.41) is 2.01. The van der Waals surface area contributed by atoms with Crippen LogP contribution in [0.4, 0.5) is 4.79 Å². The molecule has 0 unspecified atom stereocenters. The number of ether oxygens (including phenoxy) is 1. The summed E-state index contributed by atoms with van der Waals surface area (Å²) in [5.41, 5.74) is 0.874. The molecule has 1 aromatic heterocycles. The lowest BCUT2D eigenvalue weighted by Crippen LogP contribution is -2.27. The lowest BCUT2D eigenvalue weighted by molar-refractivity contribution is -0.167. The van der Waals surface area contributed by atoms with Gasteiger partial charge in [-0.2, -0.15) is 0 Å². The molecule has 0 aliphatic rings. The Morgan fingerprint density at radius 2 is 1.87 bits per heavy atom. The maximum Gasteiger partial charge on any atom is 0.419 e. The minimum absolute atomic E-state index is 0.140. The van der Waals surface area contributed by atoms with Crippen LogP contribution < -0.4 is 0 Å². The fourth-order valence-electron chi connectivity index (χ4n) is 2.23. The van der Waals surface area contributed by atoms with Crippen molar-refractivity contribution >= 4 is 22.9 Å². The number of rotatable bonds is 3. The highest BCUT2D eigenvalue weighted by Crippen LogP contribution is 2.23. The van der Waals surface area contributed by atoms with Crippen LogP contribution in [0.15, 0.2) is 30.5 Å². The molecule has 23 heavy (non-hydrogen) atoms. The molecule has 0 spiro atoms. The first-order valence-electron chi connectivity index (χ1n) is 7.36. The van der Waals surface area contributed by atoms with Gasteiger partial charge in [0.2, 0.25) is 5.91 Å². The smallest absolute Gasteiger partial charge is 0.419 e. The van der Waals surface area contributed by atoms with Crippen LogP contribution in [0.5, 0.6) is 0 Å². The average Bonchev–Trinajstić information content (AvgIpc) is 2.84. The topological polar surface area (TPSA) is 60.8 Å². The Hall–Kier alpha value is -2.34. The van der Waals surface area contributed by atoms with Crippen LogP contribution in [0.2, 0.25) is 0 Å². The number of amides is 1. The van der Waals surface area contributed by atoms with Gasteiger partial charge in [-0.05, 0) is 32.4 Å². The quantitative estimate of drug-likeness (QED) is 0.816. The largest absolute Gasteiger partial charge is 0.443 e. The van der Waals surface area contributed by atoms with E-state index in [2.05, 4.69) is 0 Å². The van der Waals surface area contributed by atoms with Crippen LogP contribution in [-0.2, 0) is 20.8 Å². The first-order chi connectivity index (χ1) is 10.7. The molecule has 2 rings (SSSR count). The monoisotopic (exact) mass is 318 g/mol. The Bertz CT molecular complexity index is 728. The molecule has 0 aliphatic heterocycles. The van der Waals surface area contributed by atoms with Crippen molar-refractivity contribution in [2.45, 2.75) is 32.8 Å². The summed E-state index contributed by atoms with van der Waals surface area (Å²) in [6, 6.07) is 7.42. The Labute approximate surface area is 135 Å². The summed E-state index contributed by atoms with van der Waals surface area (Å²) < 4.78 is 6.86. The zero-order chi connectivity index (χ0) is 17.2. The summed E-state index contributed by atoms with van der Waals surface area (Å²) >= 11 is 0. The van der Waals surface area contributed by atoms with Crippen molar-refractivity contribution in [3.05, 3.63) is 36.0 Å². The number of para-hydroxylation sites is 1. The van der Waals surface area contributed by atoms with Gasteiger partial charge >= 0.3 is 6.09 Å². The van der Waals surface area contributed by atoms with Crippen LogP contribution in [0, 0.1) is 0 Å². The molecule has 6 nitrogen and oxygen atoms in total. The van der Waals surface area contributed by atoms with Crippen molar-refractivity contribution in [2.75, 3.05) is 14.2 Å². The van der Waals surface area contributed by atoms with Gasteiger partial charge in [0.15, 0.2) is 0 Å². The van der Waals surface area contributed by atoms with Crippen molar-refractivity contribution in [2.24, 2.45) is 0 Å². The molecule has 0 atom stereocenters. The molecule has 124 valence electrons. The molecule has 6 heteroatoms. The van der Waals surface area contributed by atoms with E-state index < -0.39 is 11.7 Å². The first-order valence-corrected chi connectivity index (χ1v) is 7.36. The first kappa shape index (κ1) is 17.0. The minimum atomic E-state index is -0.589. The highest BCUT2D eigenvalue weighted by Gasteiger charge is 2.21. The van der Waals surface area contributed by atoms with E-state index in [0.717, 1.165) is 10.9 Å². The molecular formula is C17H22N2O4. The highest BCUT2D eigenvalue weighted by atomic mass is 16.7. The third kappa shape index (κ3) is 3.90. The van der Waals surface area contributed by atoms with Gasteiger partial charge in [-0.25, -0.2) is 9.86 Å². The fourth-order valence-corrected chi connectivity index (χ4v) is 2.23. The van der Waals surface area contributed by atoms with Crippen molar-refractivity contribution in [1.29, 1.82) is 0 Å². The molecule has 0 radical (unpaired) electrons. The van der Waals surface area contributed by atoms with Crippen molar-refractivity contribution in [3.8, 4) is 0 Å². The standard InChI is InChI=1S/C17H22N2O4/c1-17(2,3)23-16(21)19-11-12(10-15(20)18(4)22-5)13-8-6-7-9-14(13)19/h6-9,11H,10H2,1-5H3. The molecule has 0 saturated heterocycles.